The summed E-state index contributed by atoms with van der Waals surface area (Å²) in [5, 5.41) is 13.5. The molecular weight excluding hydrogens is 582 g/mol. The maximum atomic E-state index is 11.4. The van der Waals surface area contributed by atoms with Gasteiger partial charge in [-0.2, -0.15) is 0 Å². The third kappa shape index (κ3) is 6.55. The number of hydrogen-bond donors (Lipinski definition) is 2. The molecule has 7 aliphatic heterocycles. The number of aldehydes is 1. The van der Waals surface area contributed by atoms with E-state index in [9.17, 15) is 14.7 Å². The zero-order valence-corrected chi connectivity index (χ0v) is 25.6. The summed E-state index contributed by atoms with van der Waals surface area (Å²) in [6.45, 7) is 3.78. The van der Waals surface area contributed by atoms with Gasteiger partial charge in [-0.1, -0.05) is 54.7 Å². The Labute approximate surface area is 263 Å². The molecule has 0 aromatic heterocycles. The van der Waals surface area contributed by atoms with Crippen LogP contribution < -0.4 is 5.32 Å². The summed E-state index contributed by atoms with van der Waals surface area (Å²) in [4.78, 5) is 21.9. The van der Waals surface area contributed by atoms with E-state index in [0.29, 0.717) is 25.7 Å². The molecule has 244 valence electrons. The molecule has 7 aliphatic rings. The van der Waals surface area contributed by atoms with Crippen molar-refractivity contribution < 1.29 is 47.9 Å². The molecule has 11 nitrogen and oxygen atoms in total. The molecule has 0 aromatic rings. The van der Waals surface area contributed by atoms with E-state index in [1.54, 1.807) is 12.2 Å². The Morgan fingerprint density at radius 3 is 2.29 bits per heavy atom. The van der Waals surface area contributed by atoms with Gasteiger partial charge in [-0.15, -0.1) is 0 Å². The van der Waals surface area contributed by atoms with Crippen LogP contribution in [0, 0.1) is 0 Å². The Kier molecular flexibility index (Phi) is 8.97. The molecular formula is C34H43NO10. The van der Waals surface area contributed by atoms with Crippen LogP contribution in [0.4, 0.5) is 0 Å². The monoisotopic (exact) mass is 625 g/mol. The van der Waals surface area contributed by atoms with E-state index >= 15 is 0 Å². The van der Waals surface area contributed by atoms with Crippen molar-refractivity contribution in [2.24, 2.45) is 0 Å². The SMILES string of the molecule is CC(=O)NC[C@@H]1O[C@@H]2C[C@]3(C)O[C@@H]4C=C[C@@H]5O[C@@H]6C=C[C@@H]7O[C@H](/C=C/C=C\C=O)C=C[C@H]7O[C@H]6C[C@H]5O[C@H]4C[C@H]3O[C@H]2C[C@H]1O. The molecule has 0 bridgehead atoms. The highest BCUT2D eigenvalue weighted by atomic mass is 16.6. The van der Waals surface area contributed by atoms with Crippen LogP contribution in [0.15, 0.2) is 60.8 Å². The number of rotatable bonds is 5. The molecule has 0 unspecified atom stereocenters. The van der Waals surface area contributed by atoms with Crippen LogP contribution in [0.5, 0.6) is 0 Å². The first-order valence-corrected chi connectivity index (χ1v) is 16.1. The second-order valence-electron chi connectivity index (χ2n) is 13.2. The molecule has 11 heteroatoms. The van der Waals surface area contributed by atoms with E-state index in [-0.39, 0.29) is 85.7 Å². The molecule has 15 atom stereocenters. The van der Waals surface area contributed by atoms with Gasteiger partial charge in [0.1, 0.15) is 42.9 Å². The molecule has 0 saturated carbocycles. The van der Waals surface area contributed by atoms with Crippen LogP contribution in [-0.2, 0) is 42.7 Å². The summed E-state index contributed by atoms with van der Waals surface area (Å²) in [5.41, 5.74) is -0.592. The van der Waals surface area contributed by atoms with Gasteiger partial charge in [-0.25, -0.2) is 0 Å². The van der Waals surface area contributed by atoms with Gasteiger partial charge in [0.15, 0.2) is 0 Å². The normalized spacial score (nSPS) is 48.6. The maximum absolute atomic E-state index is 11.4. The molecule has 0 radical (unpaired) electrons. The number of carbonyl (C=O) groups excluding carboxylic acids is 2. The van der Waals surface area contributed by atoms with Gasteiger partial charge in [0.05, 0.1) is 54.4 Å². The number of carbonyl (C=O) groups is 2. The summed E-state index contributed by atoms with van der Waals surface area (Å²) in [5.74, 6) is -0.156. The van der Waals surface area contributed by atoms with E-state index in [1.165, 1.54) is 13.0 Å². The highest BCUT2D eigenvalue weighted by Crippen LogP contribution is 2.46. The van der Waals surface area contributed by atoms with Crippen molar-refractivity contribution in [3.8, 4) is 0 Å². The average molecular weight is 626 g/mol. The highest BCUT2D eigenvalue weighted by molar-refractivity contribution is 5.72. The standard InChI is InChI=1S/C34H43NO10/c1-19(37)35-18-32-21(38)14-27-31(43-32)17-34(2)33(44-27)16-30-26(45-34)12-11-25-29(42-30)15-28-24(40-25)10-9-22-23(41-28)8-7-20(39-22)6-4-3-5-13-36/h3-13,20-33,38H,14-18H2,1-2H3,(H,35,37)/b5-3-,6-4+/t20-,21-,22+,23-,24-,25+,26-,27+,28+,29-,30+,31-,32+,33-,34+/m1/s1. The van der Waals surface area contributed by atoms with Gasteiger partial charge in [-0.3, -0.25) is 9.59 Å². The minimum absolute atomic E-state index is 0.156. The van der Waals surface area contributed by atoms with E-state index in [0.717, 1.165) is 6.29 Å². The number of fused-ring (bicyclic) bond motifs is 6. The van der Waals surface area contributed by atoms with Gasteiger partial charge in [0.25, 0.3) is 0 Å². The predicted octanol–water partition coefficient (Wildman–Crippen LogP) is 1.79. The molecule has 45 heavy (non-hydrogen) atoms. The van der Waals surface area contributed by atoms with Crippen LogP contribution in [0.3, 0.4) is 0 Å². The third-order valence-electron chi connectivity index (χ3n) is 9.97. The average Bonchev–Trinajstić information content (AvgIpc) is 3.29. The number of aliphatic hydroxyl groups is 1. The van der Waals surface area contributed by atoms with Crippen molar-refractivity contribution in [2.75, 3.05) is 6.54 Å². The van der Waals surface area contributed by atoms with Crippen LogP contribution in [0.25, 0.3) is 0 Å². The zero-order valence-electron chi connectivity index (χ0n) is 25.6. The number of aliphatic hydroxyl groups excluding tert-OH is 1. The second kappa shape index (κ2) is 13.0. The molecule has 0 spiro atoms. The lowest BCUT2D eigenvalue weighted by molar-refractivity contribution is -0.314. The fraction of sp³-hybridized carbons (Fsp3) is 0.647. The fourth-order valence-corrected chi connectivity index (χ4v) is 7.66. The zero-order chi connectivity index (χ0) is 31.1. The van der Waals surface area contributed by atoms with Crippen LogP contribution >= 0.6 is 0 Å². The van der Waals surface area contributed by atoms with Gasteiger partial charge in [0, 0.05) is 39.2 Å². The largest absolute Gasteiger partial charge is 0.390 e. The summed E-state index contributed by atoms with van der Waals surface area (Å²) >= 11 is 0. The minimum Gasteiger partial charge on any atom is -0.390 e. The first kappa shape index (κ1) is 31.1. The van der Waals surface area contributed by atoms with Gasteiger partial charge in [0.2, 0.25) is 5.91 Å². The molecule has 0 aromatic carbocycles. The molecule has 4 saturated heterocycles. The number of hydrogen-bond acceptors (Lipinski definition) is 10. The molecule has 2 N–H and O–H groups in total. The predicted molar refractivity (Wildman–Crippen MR) is 160 cm³/mol. The summed E-state index contributed by atoms with van der Waals surface area (Å²) in [6, 6.07) is 0. The molecule has 1 amide bonds. The third-order valence-corrected chi connectivity index (χ3v) is 9.97. The Morgan fingerprint density at radius 1 is 0.778 bits per heavy atom. The van der Waals surface area contributed by atoms with Crippen molar-refractivity contribution in [3.05, 3.63) is 60.8 Å². The smallest absolute Gasteiger partial charge is 0.216 e. The topological polar surface area (TPSA) is 131 Å². The number of amides is 1. The molecule has 7 rings (SSSR count). The summed E-state index contributed by atoms with van der Waals surface area (Å²) in [6.07, 6.45) is 18.1. The first-order valence-electron chi connectivity index (χ1n) is 16.1. The van der Waals surface area contributed by atoms with Crippen molar-refractivity contribution in [1.82, 2.24) is 5.32 Å². The second-order valence-corrected chi connectivity index (χ2v) is 13.2. The van der Waals surface area contributed by atoms with Crippen LogP contribution in [0.2, 0.25) is 0 Å². The van der Waals surface area contributed by atoms with E-state index in [2.05, 4.69) is 24.4 Å². The van der Waals surface area contributed by atoms with E-state index in [4.69, 9.17) is 33.2 Å². The molecule has 0 aliphatic carbocycles. The lowest BCUT2D eigenvalue weighted by Crippen LogP contribution is -2.65. The Morgan fingerprint density at radius 2 is 1.49 bits per heavy atom. The van der Waals surface area contributed by atoms with Gasteiger partial charge in [-0.05, 0) is 13.0 Å². The van der Waals surface area contributed by atoms with Crippen molar-refractivity contribution in [3.63, 3.8) is 0 Å². The van der Waals surface area contributed by atoms with Crippen LogP contribution in [0.1, 0.15) is 39.5 Å². The van der Waals surface area contributed by atoms with Crippen molar-refractivity contribution in [1.29, 1.82) is 0 Å². The fourth-order valence-electron chi connectivity index (χ4n) is 7.66. The number of ether oxygens (including phenoxy) is 7. The van der Waals surface area contributed by atoms with Crippen molar-refractivity contribution in [2.45, 2.75) is 131 Å². The number of nitrogens with one attached hydrogen (secondary N) is 1. The Hall–Kier alpha value is -2.48. The number of allylic oxidation sites excluding steroid dienone is 3. The maximum Gasteiger partial charge on any atom is 0.216 e. The first-order chi connectivity index (χ1) is 21.8. The molecule has 4 fully saturated rings. The Balaban J connectivity index is 1.00. The van der Waals surface area contributed by atoms with Crippen LogP contribution in [-0.4, -0.2) is 115 Å². The van der Waals surface area contributed by atoms with Crippen molar-refractivity contribution >= 4 is 12.2 Å². The Bertz CT molecular complexity index is 1260. The lowest BCUT2D eigenvalue weighted by atomic mass is 9.78. The summed E-state index contributed by atoms with van der Waals surface area (Å²) < 4.78 is 45.6. The van der Waals surface area contributed by atoms with Gasteiger partial charge >= 0.3 is 0 Å². The van der Waals surface area contributed by atoms with E-state index < -0.39 is 17.8 Å². The minimum atomic E-state index is -0.726. The van der Waals surface area contributed by atoms with E-state index in [1.807, 2.05) is 30.4 Å². The quantitative estimate of drug-likeness (QED) is 0.202. The molecule has 7 heterocycles. The lowest BCUT2D eigenvalue weighted by Gasteiger charge is -2.55. The van der Waals surface area contributed by atoms with Gasteiger partial charge < -0.3 is 43.6 Å². The summed E-state index contributed by atoms with van der Waals surface area (Å²) in [7, 11) is 0. The highest BCUT2D eigenvalue weighted by Gasteiger charge is 2.56.